The Balaban J connectivity index is 1.54. The first-order valence-electron chi connectivity index (χ1n) is 9.80. The van der Waals surface area contributed by atoms with Crippen molar-refractivity contribution < 1.29 is 5.11 Å². The van der Waals surface area contributed by atoms with Gasteiger partial charge in [0.15, 0.2) is 11.5 Å². The fraction of sp³-hybridized carbons (Fsp3) is 0.450. The molecule has 1 aliphatic heterocycles. The lowest BCUT2D eigenvalue weighted by Gasteiger charge is -2.37. The van der Waals surface area contributed by atoms with Crippen LogP contribution in [0.15, 0.2) is 30.3 Å². The molecule has 1 N–H and O–H groups in total. The lowest BCUT2D eigenvalue weighted by molar-refractivity contribution is 0.184. The monoisotopic (exact) mass is 434 g/mol. The number of hydrogen-bond acceptors (Lipinski definition) is 6. The SMILES string of the molecule is CN(CCCO)C1CCN(c2ccc3nnc(-c4cc(Cl)cc(Cl)c4)n3n2)CC1. The molecule has 4 rings (SSSR count). The number of piperidine rings is 1. The second-order valence-electron chi connectivity index (χ2n) is 7.42. The van der Waals surface area contributed by atoms with Crippen LogP contribution in [-0.2, 0) is 0 Å². The first-order chi connectivity index (χ1) is 14.0. The fourth-order valence-electron chi connectivity index (χ4n) is 3.85. The molecule has 154 valence electrons. The highest BCUT2D eigenvalue weighted by Crippen LogP contribution is 2.27. The zero-order valence-electron chi connectivity index (χ0n) is 16.3. The number of rotatable bonds is 6. The standard InChI is InChI=1S/C20H24Cl2N6O/c1-26(7-2-10-29)17-5-8-27(9-6-17)19-4-3-18-23-24-20(28(18)25-19)14-11-15(21)13-16(22)12-14/h3-4,11-13,17,29H,2,5-10H2,1H3. The van der Waals surface area contributed by atoms with E-state index in [0.717, 1.165) is 50.3 Å². The lowest BCUT2D eigenvalue weighted by atomic mass is 10.0. The van der Waals surface area contributed by atoms with Crippen LogP contribution in [-0.4, -0.2) is 69.1 Å². The first kappa shape index (κ1) is 20.3. The molecule has 1 aliphatic rings. The Morgan fingerprint density at radius 2 is 1.83 bits per heavy atom. The van der Waals surface area contributed by atoms with Crippen LogP contribution in [0.3, 0.4) is 0 Å². The molecule has 0 amide bonds. The molecule has 0 aliphatic carbocycles. The molecule has 0 bridgehead atoms. The summed E-state index contributed by atoms with van der Waals surface area (Å²) in [6, 6.07) is 9.79. The molecule has 1 saturated heterocycles. The van der Waals surface area contributed by atoms with Gasteiger partial charge in [-0.15, -0.1) is 15.3 Å². The number of benzene rings is 1. The molecule has 9 heteroatoms. The maximum atomic E-state index is 9.04. The van der Waals surface area contributed by atoms with Gasteiger partial charge in [-0.2, -0.15) is 4.52 Å². The van der Waals surface area contributed by atoms with Gasteiger partial charge >= 0.3 is 0 Å². The molecular formula is C20H24Cl2N6O. The van der Waals surface area contributed by atoms with Gasteiger partial charge in [-0.25, -0.2) is 0 Å². The molecule has 0 atom stereocenters. The van der Waals surface area contributed by atoms with E-state index in [1.807, 2.05) is 24.3 Å². The summed E-state index contributed by atoms with van der Waals surface area (Å²) in [6.07, 6.45) is 2.96. The largest absolute Gasteiger partial charge is 0.396 e. The molecule has 29 heavy (non-hydrogen) atoms. The Bertz CT molecular complexity index is 966. The summed E-state index contributed by atoms with van der Waals surface area (Å²) in [4.78, 5) is 4.65. The summed E-state index contributed by atoms with van der Waals surface area (Å²) in [7, 11) is 2.14. The minimum atomic E-state index is 0.242. The minimum absolute atomic E-state index is 0.242. The number of aliphatic hydroxyl groups excluding tert-OH is 1. The van der Waals surface area contributed by atoms with E-state index in [1.54, 1.807) is 10.6 Å². The van der Waals surface area contributed by atoms with Crippen molar-refractivity contribution in [2.75, 3.05) is 38.2 Å². The molecule has 1 aromatic carbocycles. The third kappa shape index (κ3) is 4.48. The van der Waals surface area contributed by atoms with Crippen LogP contribution >= 0.6 is 23.2 Å². The molecule has 0 unspecified atom stereocenters. The Morgan fingerprint density at radius 1 is 1.10 bits per heavy atom. The van der Waals surface area contributed by atoms with Crippen LogP contribution in [0.1, 0.15) is 19.3 Å². The van der Waals surface area contributed by atoms with Crippen LogP contribution in [0.2, 0.25) is 10.0 Å². The zero-order chi connectivity index (χ0) is 20.4. The maximum absolute atomic E-state index is 9.04. The topological polar surface area (TPSA) is 69.8 Å². The lowest BCUT2D eigenvalue weighted by Crippen LogP contribution is -2.44. The number of fused-ring (bicyclic) bond motifs is 1. The number of anilines is 1. The first-order valence-corrected chi connectivity index (χ1v) is 10.6. The van der Waals surface area contributed by atoms with Gasteiger partial charge in [0.1, 0.15) is 5.82 Å². The van der Waals surface area contributed by atoms with E-state index in [0.29, 0.717) is 27.6 Å². The van der Waals surface area contributed by atoms with Crippen LogP contribution in [0, 0.1) is 0 Å². The second kappa shape index (κ2) is 8.83. The van der Waals surface area contributed by atoms with E-state index in [4.69, 9.17) is 33.4 Å². The maximum Gasteiger partial charge on any atom is 0.185 e. The predicted molar refractivity (Wildman–Crippen MR) is 116 cm³/mol. The van der Waals surface area contributed by atoms with Crippen LogP contribution in [0.25, 0.3) is 17.0 Å². The van der Waals surface area contributed by atoms with E-state index in [1.165, 1.54) is 0 Å². The number of hydrogen-bond donors (Lipinski definition) is 1. The van der Waals surface area contributed by atoms with Gasteiger partial charge in [0.25, 0.3) is 0 Å². The van der Waals surface area contributed by atoms with Crippen molar-refractivity contribution in [1.29, 1.82) is 0 Å². The second-order valence-corrected chi connectivity index (χ2v) is 8.29. The average molecular weight is 435 g/mol. The van der Waals surface area contributed by atoms with Gasteiger partial charge in [-0.05, 0) is 56.6 Å². The van der Waals surface area contributed by atoms with E-state index in [9.17, 15) is 0 Å². The molecular weight excluding hydrogens is 411 g/mol. The number of aromatic nitrogens is 4. The number of aliphatic hydroxyl groups is 1. The van der Waals surface area contributed by atoms with E-state index in [-0.39, 0.29) is 6.61 Å². The molecule has 0 spiro atoms. The number of nitrogens with zero attached hydrogens (tertiary/aromatic N) is 6. The highest BCUT2D eigenvalue weighted by molar-refractivity contribution is 6.35. The van der Waals surface area contributed by atoms with Crippen molar-refractivity contribution in [3.8, 4) is 11.4 Å². The fourth-order valence-corrected chi connectivity index (χ4v) is 4.38. The van der Waals surface area contributed by atoms with E-state index >= 15 is 0 Å². The Kier molecular flexibility index (Phi) is 6.20. The molecule has 7 nitrogen and oxygen atoms in total. The van der Waals surface area contributed by atoms with Crippen molar-refractivity contribution in [2.24, 2.45) is 0 Å². The van der Waals surface area contributed by atoms with E-state index in [2.05, 4.69) is 27.0 Å². The van der Waals surface area contributed by atoms with Gasteiger partial charge < -0.3 is 14.9 Å². The molecule has 3 heterocycles. The summed E-state index contributed by atoms with van der Waals surface area (Å²) in [6.45, 7) is 3.05. The quantitative estimate of drug-likeness (QED) is 0.640. The van der Waals surface area contributed by atoms with Crippen LogP contribution < -0.4 is 4.90 Å². The molecule has 0 saturated carbocycles. The van der Waals surface area contributed by atoms with Crippen molar-refractivity contribution in [1.82, 2.24) is 24.7 Å². The summed E-state index contributed by atoms with van der Waals surface area (Å²) >= 11 is 12.3. The molecule has 1 fully saturated rings. The van der Waals surface area contributed by atoms with Crippen molar-refractivity contribution in [3.63, 3.8) is 0 Å². The van der Waals surface area contributed by atoms with Crippen molar-refractivity contribution >= 4 is 34.7 Å². The summed E-state index contributed by atoms with van der Waals surface area (Å²) in [5.74, 6) is 1.52. The average Bonchev–Trinajstić information content (AvgIpc) is 3.14. The van der Waals surface area contributed by atoms with Crippen LogP contribution in [0.5, 0.6) is 0 Å². The van der Waals surface area contributed by atoms with Crippen molar-refractivity contribution in [3.05, 3.63) is 40.4 Å². The van der Waals surface area contributed by atoms with Gasteiger partial charge in [-0.3, -0.25) is 0 Å². The zero-order valence-corrected chi connectivity index (χ0v) is 17.8. The van der Waals surface area contributed by atoms with Gasteiger partial charge in [0, 0.05) is 47.9 Å². The number of halogens is 2. The summed E-state index contributed by atoms with van der Waals surface area (Å²) in [5.41, 5.74) is 1.46. The Labute approximate surface area is 179 Å². The van der Waals surface area contributed by atoms with Crippen molar-refractivity contribution in [2.45, 2.75) is 25.3 Å². The molecule has 2 aromatic heterocycles. The molecule has 3 aromatic rings. The smallest absolute Gasteiger partial charge is 0.185 e. The van der Waals surface area contributed by atoms with Gasteiger partial charge in [-0.1, -0.05) is 23.2 Å². The predicted octanol–water partition coefficient (Wildman–Crippen LogP) is 3.38. The highest BCUT2D eigenvalue weighted by atomic mass is 35.5. The van der Waals surface area contributed by atoms with E-state index < -0.39 is 0 Å². The minimum Gasteiger partial charge on any atom is -0.396 e. The van der Waals surface area contributed by atoms with Crippen LogP contribution in [0.4, 0.5) is 5.82 Å². The van der Waals surface area contributed by atoms with Gasteiger partial charge in [0.2, 0.25) is 0 Å². The highest BCUT2D eigenvalue weighted by Gasteiger charge is 2.23. The van der Waals surface area contributed by atoms with Gasteiger partial charge in [0.05, 0.1) is 0 Å². The Morgan fingerprint density at radius 3 is 2.52 bits per heavy atom. The Hall–Kier alpha value is -1.93. The summed E-state index contributed by atoms with van der Waals surface area (Å²) in [5, 5.41) is 23.4. The molecule has 0 radical (unpaired) electrons. The third-order valence-electron chi connectivity index (χ3n) is 5.45. The normalized spacial score (nSPS) is 15.6. The summed E-state index contributed by atoms with van der Waals surface area (Å²) < 4.78 is 1.75. The third-order valence-corrected chi connectivity index (χ3v) is 5.89.